The van der Waals surface area contributed by atoms with Crippen molar-refractivity contribution >= 4 is 17.7 Å². The molecule has 0 spiro atoms. The minimum absolute atomic E-state index is 0.111. The standard InChI is InChI=1S/C16H24N2O3/c1-11(2)12(3)18(4)16(21)17-14-8-5-13(6-9-14)7-10-15(19)20/h5-6,8-9,11-12H,7,10H2,1-4H3,(H,17,21)(H,19,20). The number of hydrogen-bond acceptors (Lipinski definition) is 2. The van der Waals surface area contributed by atoms with Gasteiger partial charge in [0.05, 0.1) is 0 Å². The topological polar surface area (TPSA) is 69.6 Å². The molecule has 1 atom stereocenters. The van der Waals surface area contributed by atoms with Crippen LogP contribution in [0, 0.1) is 5.92 Å². The maximum atomic E-state index is 12.1. The van der Waals surface area contributed by atoms with E-state index in [1.165, 1.54) is 0 Å². The van der Waals surface area contributed by atoms with Crippen LogP contribution in [0.25, 0.3) is 0 Å². The van der Waals surface area contributed by atoms with Crippen LogP contribution in [-0.4, -0.2) is 35.1 Å². The number of aliphatic carboxylic acids is 1. The van der Waals surface area contributed by atoms with Gasteiger partial charge in [0, 0.05) is 25.2 Å². The van der Waals surface area contributed by atoms with Crippen molar-refractivity contribution in [3.63, 3.8) is 0 Å². The normalized spacial score (nSPS) is 12.0. The third-order valence-corrected chi connectivity index (χ3v) is 3.73. The molecule has 116 valence electrons. The number of hydrogen-bond donors (Lipinski definition) is 2. The molecule has 1 aromatic rings. The van der Waals surface area contributed by atoms with Gasteiger partial charge in [-0.1, -0.05) is 26.0 Å². The minimum Gasteiger partial charge on any atom is -0.481 e. The molecule has 0 saturated heterocycles. The Morgan fingerprint density at radius 3 is 2.24 bits per heavy atom. The molecule has 0 saturated carbocycles. The lowest BCUT2D eigenvalue weighted by atomic mass is 10.1. The predicted molar refractivity (Wildman–Crippen MR) is 83.5 cm³/mol. The average Bonchev–Trinajstić information content (AvgIpc) is 2.44. The quantitative estimate of drug-likeness (QED) is 0.845. The maximum Gasteiger partial charge on any atom is 0.321 e. The number of carbonyl (C=O) groups is 2. The number of urea groups is 1. The summed E-state index contributed by atoms with van der Waals surface area (Å²) < 4.78 is 0. The molecule has 5 heteroatoms. The van der Waals surface area contributed by atoms with Gasteiger partial charge in [-0.3, -0.25) is 4.79 Å². The summed E-state index contributed by atoms with van der Waals surface area (Å²) in [6.45, 7) is 6.16. The highest BCUT2D eigenvalue weighted by molar-refractivity contribution is 5.89. The van der Waals surface area contributed by atoms with E-state index in [0.717, 1.165) is 5.56 Å². The molecule has 1 aromatic carbocycles. The van der Waals surface area contributed by atoms with Crippen molar-refractivity contribution in [2.24, 2.45) is 5.92 Å². The van der Waals surface area contributed by atoms with Crippen LogP contribution in [0.5, 0.6) is 0 Å². The zero-order valence-electron chi connectivity index (χ0n) is 13.1. The molecule has 2 N–H and O–H groups in total. The van der Waals surface area contributed by atoms with Crippen LogP contribution in [0.1, 0.15) is 32.8 Å². The van der Waals surface area contributed by atoms with Gasteiger partial charge in [-0.05, 0) is 37.0 Å². The molecule has 0 heterocycles. The number of rotatable bonds is 6. The molecule has 5 nitrogen and oxygen atoms in total. The van der Waals surface area contributed by atoms with E-state index >= 15 is 0 Å². The van der Waals surface area contributed by atoms with Gasteiger partial charge in [-0.2, -0.15) is 0 Å². The fourth-order valence-corrected chi connectivity index (χ4v) is 1.85. The first-order chi connectivity index (χ1) is 9.81. The number of nitrogens with one attached hydrogen (secondary N) is 1. The van der Waals surface area contributed by atoms with E-state index in [-0.39, 0.29) is 18.5 Å². The minimum atomic E-state index is -0.809. The van der Waals surface area contributed by atoms with Gasteiger partial charge < -0.3 is 15.3 Å². The Morgan fingerprint density at radius 1 is 1.19 bits per heavy atom. The molecule has 1 rings (SSSR count). The smallest absolute Gasteiger partial charge is 0.321 e. The van der Waals surface area contributed by atoms with Crippen LogP contribution in [0.4, 0.5) is 10.5 Å². The number of benzene rings is 1. The number of aryl methyl sites for hydroxylation is 1. The predicted octanol–water partition coefficient (Wildman–Crippen LogP) is 3.21. The van der Waals surface area contributed by atoms with Crippen LogP contribution in [0.3, 0.4) is 0 Å². The summed E-state index contributed by atoms with van der Waals surface area (Å²) in [5.41, 5.74) is 1.65. The van der Waals surface area contributed by atoms with E-state index in [1.807, 2.05) is 19.1 Å². The number of carboxylic acids is 1. The maximum absolute atomic E-state index is 12.1. The number of amides is 2. The summed E-state index contributed by atoms with van der Waals surface area (Å²) in [6.07, 6.45) is 0.605. The van der Waals surface area contributed by atoms with E-state index in [9.17, 15) is 9.59 Å². The fraction of sp³-hybridized carbons (Fsp3) is 0.500. The summed E-state index contributed by atoms with van der Waals surface area (Å²) >= 11 is 0. The number of carboxylic acid groups (broad SMARTS) is 1. The lowest BCUT2D eigenvalue weighted by Crippen LogP contribution is -2.40. The SMILES string of the molecule is CC(C)C(C)N(C)C(=O)Nc1ccc(CCC(=O)O)cc1. The highest BCUT2D eigenvalue weighted by atomic mass is 16.4. The van der Waals surface area contributed by atoms with Gasteiger partial charge in [0.2, 0.25) is 0 Å². The lowest BCUT2D eigenvalue weighted by Gasteiger charge is -2.28. The molecular weight excluding hydrogens is 268 g/mol. The first-order valence-corrected chi connectivity index (χ1v) is 7.15. The van der Waals surface area contributed by atoms with Gasteiger partial charge in [0.1, 0.15) is 0 Å². The second-order valence-electron chi connectivity index (χ2n) is 5.62. The van der Waals surface area contributed by atoms with Gasteiger partial charge in [-0.25, -0.2) is 4.79 Å². The van der Waals surface area contributed by atoms with Gasteiger partial charge >= 0.3 is 12.0 Å². The summed E-state index contributed by atoms with van der Waals surface area (Å²) in [7, 11) is 1.78. The Kier molecular flexibility index (Phi) is 6.21. The zero-order valence-corrected chi connectivity index (χ0v) is 13.1. The van der Waals surface area contributed by atoms with E-state index in [1.54, 1.807) is 24.1 Å². The van der Waals surface area contributed by atoms with Crippen molar-refractivity contribution in [1.82, 2.24) is 4.90 Å². The van der Waals surface area contributed by atoms with Crippen LogP contribution < -0.4 is 5.32 Å². The largest absolute Gasteiger partial charge is 0.481 e. The number of carbonyl (C=O) groups excluding carboxylic acids is 1. The van der Waals surface area contributed by atoms with Crippen LogP contribution >= 0.6 is 0 Å². The van der Waals surface area contributed by atoms with Gasteiger partial charge in [-0.15, -0.1) is 0 Å². The Morgan fingerprint density at radius 2 is 1.76 bits per heavy atom. The van der Waals surface area contributed by atoms with Crippen molar-refractivity contribution < 1.29 is 14.7 Å². The highest BCUT2D eigenvalue weighted by Crippen LogP contribution is 2.14. The third kappa shape index (κ3) is 5.45. The average molecular weight is 292 g/mol. The Balaban J connectivity index is 2.59. The van der Waals surface area contributed by atoms with Gasteiger partial charge in [0.15, 0.2) is 0 Å². The molecule has 1 unspecified atom stereocenters. The highest BCUT2D eigenvalue weighted by Gasteiger charge is 2.18. The lowest BCUT2D eigenvalue weighted by molar-refractivity contribution is -0.136. The molecule has 0 radical (unpaired) electrons. The van der Waals surface area contributed by atoms with E-state index in [2.05, 4.69) is 19.2 Å². The van der Waals surface area contributed by atoms with Crippen molar-refractivity contribution in [2.75, 3.05) is 12.4 Å². The number of anilines is 1. The summed E-state index contributed by atoms with van der Waals surface area (Å²) in [5, 5.41) is 11.5. The molecule has 0 aromatic heterocycles. The molecule has 0 aliphatic heterocycles. The zero-order chi connectivity index (χ0) is 16.0. The molecule has 0 fully saturated rings. The molecule has 0 aliphatic rings. The molecule has 0 bridgehead atoms. The molecule has 21 heavy (non-hydrogen) atoms. The van der Waals surface area contributed by atoms with Crippen molar-refractivity contribution in [1.29, 1.82) is 0 Å². The van der Waals surface area contributed by atoms with Crippen LogP contribution in [-0.2, 0) is 11.2 Å². The first-order valence-electron chi connectivity index (χ1n) is 7.15. The summed E-state index contributed by atoms with van der Waals surface area (Å²) in [5.74, 6) is -0.421. The first kappa shape index (κ1) is 17.0. The molecular formula is C16H24N2O3. The van der Waals surface area contributed by atoms with Gasteiger partial charge in [0.25, 0.3) is 0 Å². The van der Waals surface area contributed by atoms with E-state index < -0.39 is 5.97 Å². The van der Waals surface area contributed by atoms with Crippen LogP contribution in [0.15, 0.2) is 24.3 Å². The summed E-state index contributed by atoms with van der Waals surface area (Å²) in [4.78, 5) is 24.3. The van der Waals surface area contributed by atoms with E-state index in [4.69, 9.17) is 5.11 Å². The molecule has 0 aliphatic carbocycles. The van der Waals surface area contributed by atoms with Crippen LogP contribution in [0.2, 0.25) is 0 Å². The van der Waals surface area contributed by atoms with Crippen molar-refractivity contribution in [3.05, 3.63) is 29.8 Å². The second kappa shape index (κ2) is 7.67. The Bertz CT molecular complexity index is 483. The van der Waals surface area contributed by atoms with Crippen molar-refractivity contribution in [2.45, 2.75) is 39.7 Å². The molecule has 2 amide bonds. The monoisotopic (exact) mass is 292 g/mol. The third-order valence-electron chi connectivity index (χ3n) is 3.73. The number of nitrogens with zero attached hydrogens (tertiary/aromatic N) is 1. The Labute approximate surface area is 126 Å². The fourth-order valence-electron chi connectivity index (χ4n) is 1.85. The van der Waals surface area contributed by atoms with Crippen molar-refractivity contribution in [3.8, 4) is 0 Å². The Hall–Kier alpha value is -2.04. The van der Waals surface area contributed by atoms with E-state index in [0.29, 0.717) is 18.0 Å². The second-order valence-corrected chi connectivity index (χ2v) is 5.62. The summed E-state index contributed by atoms with van der Waals surface area (Å²) in [6, 6.07) is 7.27.